The van der Waals surface area contributed by atoms with Crippen molar-refractivity contribution in [3.05, 3.63) is 69.5 Å². The first-order chi connectivity index (χ1) is 18.5. The monoisotopic (exact) mass is 565 g/mol. The lowest BCUT2D eigenvalue weighted by Gasteiger charge is -2.56. The van der Waals surface area contributed by atoms with E-state index in [1.54, 1.807) is 6.07 Å². The fourth-order valence-corrected chi connectivity index (χ4v) is 9.02. The normalized spacial score (nSPS) is 28.2. The average Bonchev–Trinajstić information content (AvgIpc) is 3.50. The molecular formula is C29H29Cl2N5OS. The van der Waals surface area contributed by atoms with Gasteiger partial charge in [-0.25, -0.2) is 5.43 Å². The van der Waals surface area contributed by atoms with Crippen molar-refractivity contribution in [1.82, 2.24) is 20.2 Å². The Bertz CT molecular complexity index is 1420. The fraction of sp³-hybridized carbons (Fsp3) is 0.448. The number of carbonyl (C=O) groups is 1. The van der Waals surface area contributed by atoms with Crippen LogP contribution in [0.2, 0.25) is 10.0 Å². The molecule has 0 spiro atoms. The number of nitrogens with one attached hydrogen (secondary N) is 1. The molecule has 196 valence electrons. The zero-order chi connectivity index (χ0) is 25.9. The highest BCUT2D eigenvalue weighted by Crippen LogP contribution is 2.60. The van der Waals surface area contributed by atoms with Crippen LogP contribution in [-0.4, -0.2) is 32.1 Å². The van der Waals surface area contributed by atoms with E-state index in [2.05, 4.69) is 32.3 Å². The van der Waals surface area contributed by atoms with Crippen molar-refractivity contribution in [2.24, 2.45) is 22.9 Å². The number of thioether (sulfide) groups is 1. The third-order valence-corrected chi connectivity index (χ3v) is 10.4. The maximum absolute atomic E-state index is 12.8. The van der Waals surface area contributed by atoms with Crippen LogP contribution in [0.4, 0.5) is 0 Å². The van der Waals surface area contributed by atoms with E-state index in [0.29, 0.717) is 15.2 Å². The summed E-state index contributed by atoms with van der Waals surface area (Å²) in [5, 5.41) is 15.7. The molecule has 0 atom stereocenters. The second kappa shape index (κ2) is 9.68. The highest BCUT2D eigenvalue weighted by molar-refractivity contribution is 7.99. The number of benzene rings is 2. The second-order valence-corrected chi connectivity index (χ2v) is 13.3. The van der Waals surface area contributed by atoms with Crippen molar-refractivity contribution in [1.29, 1.82) is 0 Å². The second-order valence-electron chi connectivity index (χ2n) is 11.5. The van der Waals surface area contributed by atoms with Crippen molar-refractivity contribution in [2.45, 2.75) is 61.9 Å². The van der Waals surface area contributed by atoms with E-state index < -0.39 is 0 Å². The summed E-state index contributed by atoms with van der Waals surface area (Å²) in [5.41, 5.74) is 6.93. The summed E-state index contributed by atoms with van der Waals surface area (Å²) in [7, 11) is 0. The molecule has 4 fully saturated rings. The number of nitrogens with zero attached hydrogens (tertiary/aromatic N) is 4. The summed E-state index contributed by atoms with van der Waals surface area (Å²) >= 11 is 14.3. The molecule has 0 radical (unpaired) electrons. The Morgan fingerprint density at radius 2 is 1.76 bits per heavy atom. The smallest absolute Gasteiger partial charge is 0.250 e. The molecule has 1 heterocycles. The first kappa shape index (κ1) is 24.7. The van der Waals surface area contributed by atoms with Crippen molar-refractivity contribution >= 4 is 46.6 Å². The van der Waals surface area contributed by atoms with Gasteiger partial charge in [-0.2, -0.15) is 5.10 Å². The molecule has 2 aromatic carbocycles. The molecule has 1 amide bonds. The Morgan fingerprint density at radius 1 is 1.03 bits per heavy atom. The number of hydrazone groups is 1. The molecule has 4 saturated carbocycles. The van der Waals surface area contributed by atoms with E-state index >= 15 is 0 Å². The largest absolute Gasteiger partial charge is 0.272 e. The number of fused-ring (bicyclic) bond motifs is 1. The van der Waals surface area contributed by atoms with Gasteiger partial charge in [-0.1, -0.05) is 59.2 Å². The van der Waals surface area contributed by atoms with Crippen LogP contribution in [0.25, 0.3) is 5.69 Å². The summed E-state index contributed by atoms with van der Waals surface area (Å²) in [6, 6.07) is 13.8. The summed E-state index contributed by atoms with van der Waals surface area (Å²) < 4.78 is 2.10. The predicted molar refractivity (Wildman–Crippen MR) is 151 cm³/mol. The minimum absolute atomic E-state index is 0.0214. The highest BCUT2D eigenvalue weighted by Gasteiger charge is 2.54. The number of hydrogen-bond donors (Lipinski definition) is 1. The van der Waals surface area contributed by atoms with Gasteiger partial charge in [0, 0.05) is 16.0 Å². The molecule has 1 N–H and O–H groups in total. The standard InChI is InChI=1S/C29H29Cl2N5OS/c30-21-6-8-25(23(31)12-21)36-27(29-13-17-9-18(14-29)11-19(10-17)15-29)34-35-28(36)38-16-26(37)33-32-24-7-5-20-3-1-2-4-22(20)24/h1-4,6,8,12,17-19H,5,7,9-11,13-16H2,(H,33,37)/b32-24-. The lowest BCUT2D eigenvalue weighted by atomic mass is 9.49. The van der Waals surface area contributed by atoms with Crippen LogP contribution in [0.3, 0.4) is 0 Å². The zero-order valence-electron chi connectivity index (χ0n) is 21.0. The van der Waals surface area contributed by atoms with Gasteiger partial charge in [0.2, 0.25) is 0 Å². The summed E-state index contributed by atoms with van der Waals surface area (Å²) in [5.74, 6) is 3.32. The molecule has 3 aromatic rings. The number of hydrogen-bond acceptors (Lipinski definition) is 5. The number of aryl methyl sites for hydroxylation is 1. The van der Waals surface area contributed by atoms with Crippen LogP contribution in [0.15, 0.2) is 52.7 Å². The van der Waals surface area contributed by atoms with Gasteiger partial charge in [-0.15, -0.1) is 10.2 Å². The molecule has 0 aliphatic heterocycles. The minimum atomic E-state index is -0.167. The van der Waals surface area contributed by atoms with Crippen molar-refractivity contribution in [3.8, 4) is 5.69 Å². The lowest BCUT2D eigenvalue weighted by Crippen LogP contribution is -2.49. The van der Waals surface area contributed by atoms with Gasteiger partial charge in [0.1, 0.15) is 5.82 Å². The Balaban J connectivity index is 1.16. The van der Waals surface area contributed by atoms with Crippen LogP contribution >= 0.6 is 35.0 Å². The maximum Gasteiger partial charge on any atom is 0.250 e. The number of amides is 1. The number of carbonyl (C=O) groups excluding carboxylic acids is 1. The quantitative estimate of drug-likeness (QED) is 0.270. The van der Waals surface area contributed by atoms with E-state index in [1.807, 2.05) is 24.3 Å². The number of rotatable bonds is 6. The van der Waals surface area contributed by atoms with Gasteiger partial charge in [0.15, 0.2) is 5.16 Å². The molecular weight excluding hydrogens is 537 g/mol. The van der Waals surface area contributed by atoms with Gasteiger partial charge in [0.05, 0.1) is 22.2 Å². The fourth-order valence-electron chi connectivity index (χ4n) is 7.79. The molecule has 4 bridgehead atoms. The minimum Gasteiger partial charge on any atom is -0.272 e. The van der Waals surface area contributed by atoms with Gasteiger partial charge >= 0.3 is 0 Å². The third-order valence-electron chi connectivity index (χ3n) is 8.90. The third kappa shape index (κ3) is 4.37. The molecule has 0 saturated heterocycles. The Kier molecular flexibility index (Phi) is 6.29. The average molecular weight is 567 g/mol. The van der Waals surface area contributed by atoms with Crippen LogP contribution in [0.1, 0.15) is 61.9 Å². The first-order valence-electron chi connectivity index (χ1n) is 13.5. The summed E-state index contributed by atoms with van der Waals surface area (Å²) in [6.45, 7) is 0. The van der Waals surface area contributed by atoms with Crippen molar-refractivity contribution < 1.29 is 4.79 Å². The summed E-state index contributed by atoms with van der Waals surface area (Å²) in [6.07, 6.45) is 9.32. The molecule has 5 aliphatic rings. The van der Waals surface area contributed by atoms with Gasteiger partial charge < -0.3 is 0 Å². The van der Waals surface area contributed by atoms with E-state index in [4.69, 9.17) is 28.3 Å². The SMILES string of the molecule is O=C(CSc1nnc(C23CC4CC(CC(C4)C2)C3)n1-c1ccc(Cl)cc1Cl)N/N=C1/CCc2ccccc21. The summed E-state index contributed by atoms with van der Waals surface area (Å²) in [4.78, 5) is 12.8. The van der Waals surface area contributed by atoms with Crippen LogP contribution < -0.4 is 5.43 Å². The zero-order valence-corrected chi connectivity index (χ0v) is 23.3. The molecule has 38 heavy (non-hydrogen) atoms. The highest BCUT2D eigenvalue weighted by atomic mass is 35.5. The molecule has 5 aliphatic carbocycles. The molecule has 8 rings (SSSR count). The Morgan fingerprint density at radius 3 is 2.50 bits per heavy atom. The predicted octanol–water partition coefficient (Wildman–Crippen LogP) is 6.60. The van der Waals surface area contributed by atoms with Gasteiger partial charge in [-0.3, -0.25) is 9.36 Å². The molecule has 9 heteroatoms. The number of halogens is 2. The Labute approximate surface area is 236 Å². The van der Waals surface area contributed by atoms with Crippen LogP contribution in [0.5, 0.6) is 0 Å². The molecule has 1 aromatic heterocycles. The topological polar surface area (TPSA) is 72.2 Å². The van der Waals surface area contributed by atoms with Crippen LogP contribution in [0, 0.1) is 17.8 Å². The van der Waals surface area contributed by atoms with Gasteiger partial charge in [-0.05, 0) is 92.9 Å². The van der Waals surface area contributed by atoms with Crippen molar-refractivity contribution in [2.75, 3.05) is 5.75 Å². The van der Waals surface area contributed by atoms with Gasteiger partial charge in [0.25, 0.3) is 5.91 Å². The van der Waals surface area contributed by atoms with Crippen molar-refractivity contribution in [3.63, 3.8) is 0 Å². The maximum atomic E-state index is 12.8. The van der Waals surface area contributed by atoms with E-state index in [-0.39, 0.29) is 17.1 Å². The molecule has 0 unspecified atom stereocenters. The Hall–Kier alpha value is -2.35. The van der Waals surface area contributed by atoms with E-state index in [9.17, 15) is 4.79 Å². The first-order valence-corrected chi connectivity index (χ1v) is 15.2. The van der Waals surface area contributed by atoms with E-state index in [1.165, 1.54) is 36.6 Å². The number of aromatic nitrogens is 3. The van der Waals surface area contributed by atoms with E-state index in [0.717, 1.165) is 72.6 Å². The van der Waals surface area contributed by atoms with Crippen LogP contribution in [-0.2, 0) is 16.6 Å². The lowest BCUT2D eigenvalue weighted by molar-refractivity contribution is -0.118. The molecule has 6 nitrogen and oxygen atoms in total.